The molecule has 27 heavy (non-hydrogen) atoms. The second-order valence-corrected chi connectivity index (χ2v) is 5.17. The molecule has 0 aromatic heterocycles. The van der Waals surface area contributed by atoms with Crippen LogP contribution in [0.25, 0.3) is 0 Å². The van der Waals surface area contributed by atoms with Crippen LogP contribution in [-0.4, -0.2) is 101 Å². The molecule has 0 bridgehead atoms. The van der Waals surface area contributed by atoms with E-state index >= 15 is 0 Å². The summed E-state index contributed by atoms with van der Waals surface area (Å²) in [5, 5.41) is 16.6. The van der Waals surface area contributed by atoms with Crippen molar-refractivity contribution in [3.05, 3.63) is 0 Å². The number of carbonyl (C=O) groups is 2. The molecule has 0 fully saturated rings. The molecule has 0 aromatic carbocycles. The van der Waals surface area contributed by atoms with Gasteiger partial charge in [0, 0.05) is 33.7 Å². The van der Waals surface area contributed by atoms with E-state index in [1.807, 2.05) is 0 Å². The Balaban J connectivity index is -0.000000411. The molecule has 0 aliphatic rings. The van der Waals surface area contributed by atoms with E-state index in [4.69, 9.17) is 38.6 Å². The van der Waals surface area contributed by atoms with Crippen LogP contribution in [0.1, 0.15) is 13.8 Å². The Kier molecular flexibility index (Phi) is 26.9. The summed E-state index contributed by atoms with van der Waals surface area (Å²) >= 11 is 0. The first-order valence-corrected chi connectivity index (χ1v) is 8.13. The van der Waals surface area contributed by atoms with Gasteiger partial charge in [-0.25, -0.2) is 9.59 Å². The Morgan fingerprint density at radius 2 is 1.07 bits per heavy atom. The molecular formula is C16H32O10Zn. The maximum atomic E-state index is 10.1. The Hall–Kier alpha value is -0.677. The van der Waals surface area contributed by atoms with Gasteiger partial charge in [0.05, 0.1) is 51.8 Å². The van der Waals surface area contributed by atoms with Gasteiger partial charge in [-0.1, -0.05) is 0 Å². The first kappa shape index (κ1) is 31.0. The van der Waals surface area contributed by atoms with Crippen LogP contribution in [0, 0.1) is 0 Å². The van der Waals surface area contributed by atoms with Crippen molar-refractivity contribution in [2.24, 2.45) is 0 Å². The molecule has 2 N–H and O–H groups in total. The summed E-state index contributed by atoms with van der Waals surface area (Å²) in [5.74, 6) is -1.94. The van der Waals surface area contributed by atoms with Crippen molar-refractivity contribution < 1.29 is 67.7 Å². The minimum absolute atomic E-state index is 0. The summed E-state index contributed by atoms with van der Waals surface area (Å²) in [5.41, 5.74) is 0. The SMILES string of the molecule is COCCOCC(C)OCC(=O)O.COCCOCC(C)OCC(=O)O.[Zn]. The van der Waals surface area contributed by atoms with E-state index in [0.717, 1.165) is 0 Å². The molecule has 0 rings (SSSR count). The first-order valence-electron chi connectivity index (χ1n) is 8.13. The molecule has 0 amide bonds. The third-order valence-corrected chi connectivity index (χ3v) is 2.55. The van der Waals surface area contributed by atoms with Crippen molar-refractivity contribution in [3.8, 4) is 0 Å². The normalized spacial score (nSPS) is 12.3. The van der Waals surface area contributed by atoms with E-state index in [-0.39, 0.29) is 44.9 Å². The van der Waals surface area contributed by atoms with Crippen LogP contribution in [-0.2, 0) is 57.5 Å². The third kappa shape index (κ3) is 30.3. The molecular weight excluding hydrogens is 418 g/mol. The number of carboxylic acid groups (broad SMARTS) is 2. The Labute approximate surface area is 173 Å². The molecule has 10 nitrogen and oxygen atoms in total. The van der Waals surface area contributed by atoms with E-state index in [2.05, 4.69) is 0 Å². The first-order chi connectivity index (χ1) is 12.3. The Morgan fingerprint density at radius 3 is 1.33 bits per heavy atom. The zero-order valence-corrected chi connectivity index (χ0v) is 19.6. The van der Waals surface area contributed by atoms with Gasteiger partial charge in [-0.05, 0) is 13.8 Å². The molecule has 2 unspecified atom stereocenters. The molecule has 0 spiro atoms. The number of hydrogen-bond acceptors (Lipinski definition) is 8. The summed E-state index contributed by atoms with van der Waals surface area (Å²) in [7, 11) is 3.18. The van der Waals surface area contributed by atoms with Crippen molar-refractivity contribution in [1.82, 2.24) is 0 Å². The van der Waals surface area contributed by atoms with Crippen LogP contribution in [0.4, 0.5) is 0 Å². The topological polar surface area (TPSA) is 130 Å². The minimum Gasteiger partial charge on any atom is -0.480 e. The average Bonchev–Trinajstić information content (AvgIpc) is 2.59. The molecule has 0 saturated heterocycles. The van der Waals surface area contributed by atoms with Gasteiger partial charge in [0.2, 0.25) is 0 Å². The zero-order valence-electron chi connectivity index (χ0n) is 16.7. The van der Waals surface area contributed by atoms with Crippen molar-refractivity contribution in [2.75, 3.05) is 67.1 Å². The molecule has 11 heteroatoms. The number of methoxy groups -OCH3 is 2. The van der Waals surface area contributed by atoms with E-state index in [1.54, 1.807) is 28.1 Å². The molecule has 0 aliphatic carbocycles. The summed E-state index contributed by atoms with van der Waals surface area (Å²) in [6, 6.07) is 0. The smallest absolute Gasteiger partial charge is 0.329 e. The van der Waals surface area contributed by atoms with Gasteiger partial charge in [-0.15, -0.1) is 0 Å². The molecule has 0 aromatic rings. The molecule has 158 valence electrons. The molecule has 0 aliphatic heterocycles. The van der Waals surface area contributed by atoms with Gasteiger partial charge >= 0.3 is 11.9 Å². The van der Waals surface area contributed by atoms with Gasteiger partial charge in [0.15, 0.2) is 0 Å². The number of hydrogen-bond donors (Lipinski definition) is 2. The Bertz CT molecular complexity index is 311. The van der Waals surface area contributed by atoms with Crippen LogP contribution < -0.4 is 0 Å². The van der Waals surface area contributed by atoms with Gasteiger partial charge in [0.25, 0.3) is 0 Å². The van der Waals surface area contributed by atoms with Crippen LogP contribution >= 0.6 is 0 Å². The van der Waals surface area contributed by atoms with Crippen molar-refractivity contribution in [3.63, 3.8) is 0 Å². The summed E-state index contributed by atoms with van der Waals surface area (Å²) < 4.78 is 29.6. The summed E-state index contributed by atoms with van der Waals surface area (Å²) in [6.07, 6.45) is -0.402. The fraction of sp³-hybridized carbons (Fsp3) is 0.875. The predicted molar refractivity (Wildman–Crippen MR) is 91.5 cm³/mol. The second-order valence-electron chi connectivity index (χ2n) is 5.17. The van der Waals surface area contributed by atoms with E-state index < -0.39 is 11.9 Å². The molecule has 2 atom stereocenters. The quantitative estimate of drug-likeness (QED) is 0.250. The van der Waals surface area contributed by atoms with Gasteiger partial charge in [0.1, 0.15) is 13.2 Å². The van der Waals surface area contributed by atoms with Crippen molar-refractivity contribution >= 4 is 11.9 Å². The van der Waals surface area contributed by atoms with Crippen LogP contribution in [0.15, 0.2) is 0 Å². The van der Waals surface area contributed by atoms with Gasteiger partial charge in [-0.2, -0.15) is 0 Å². The van der Waals surface area contributed by atoms with Crippen LogP contribution in [0.3, 0.4) is 0 Å². The average molecular weight is 450 g/mol. The second kappa shape index (κ2) is 23.4. The third-order valence-electron chi connectivity index (χ3n) is 2.55. The number of ether oxygens (including phenoxy) is 6. The van der Waals surface area contributed by atoms with E-state index in [1.165, 1.54) is 0 Å². The standard InChI is InChI=1S/2C8H16O5.Zn/c2*1-7(13-6-8(9)10)5-12-4-3-11-2;/h2*7H,3-6H2,1-2H3,(H,9,10);. The minimum atomic E-state index is -0.969. The van der Waals surface area contributed by atoms with Crippen molar-refractivity contribution in [1.29, 1.82) is 0 Å². The maximum Gasteiger partial charge on any atom is 0.329 e. The summed E-state index contributed by atoms with van der Waals surface area (Å²) in [4.78, 5) is 20.2. The monoisotopic (exact) mass is 448 g/mol. The van der Waals surface area contributed by atoms with E-state index in [9.17, 15) is 9.59 Å². The van der Waals surface area contributed by atoms with Gasteiger partial charge in [-0.3, -0.25) is 0 Å². The summed E-state index contributed by atoms with van der Waals surface area (Å²) in [6.45, 7) is 5.79. The fourth-order valence-corrected chi connectivity index (χ4v) is 1.31. The van der Waals surface area contributed by atoms with Gasteiger partial charge < -0.3 is 38.6 Å². The molecule has 0 radical (unpaired) electrons. The fourth-order valence-electron chi connectivity index (χ4n) is 1.31. The molecule has 0 heterocycles. The number of carboxylic acids is 2. The number of aliphatic carboxylic acids is 2. The van der Waals surface area contributed by atoms with Crippen LogP contribution in [0.2, 0.25) is 0 Å². The van der Waals surface area contributed by atoms with Crippen molar-refractivity contribution in [2.45, 2.75) is 26.1 Å². The molecule has 0 saturated carbocycles. The van der Waals surface area contributed by atoms with E-state index in [0.29, 0.717) is 39.6 Å². The zero-order chi connectivity index (χ0) is 20.2. The maximum absolute atomic E-state index is 10.1. The predicted octanol–water partition coefficient (Wildman–Crippen LogP) is 0.276. The number of rotatable bonds is 16. The van der Waals surface area contributed by atoms with Crippen LogP contribution in [0.5, 0.6) is 0 Å². The Morgan fingerprint density at radius 1 is 0.741 bits per heavy atom. The largest absolute Gasteiger partial charge is 0.480 e.